The largest absolute Gasteiger partial charge is 0.334 e. The van der Waals surface area contributed by atoms with Gasteiger partial charge in [-0.05, 0) is 57.9 Å². The van der Waals surface area contributed by atoms with Gasteiger partial charge in [0, 0.05) is 24.0 Å². The molecule has 1 amide bonds. The van der Waals surface area contributed by atoms with Gasteiger partial charge in [-0.2, -0.15) is 0 Å². The predicted molar refractivity (Wildman–Crippen MR) is 118 cm³/mol. The molecule has 1 heterocycles. The van der Waals surface area contributed by atoms with E-state index in [1.54, 1.807) is 6.07 Å². The number of carbonyl (C=O) groups excluding carboxylic acids is 1. The Hall–Kier alpha value is -3.21. The molecule has 5 nitrogen and oxygen atoms in total. The first-order valence-corrected chi connectivity index (χ1v) is 9.88. The predicted octanol–water partition coefficient (Wildman–Crippen LogP) is 5.07. The number of anilines is 2. The molecule has 0 radical (unpaired) electrons. The van der Waals surface area contributed by atoms with Crippen LogP contribution in [0.25, 0.3) is 0 Å². The number of benzene rings is 2. The summed E-state index contributed by atoms with van der Waals surface area (Å²) in [6.07, 6.45) is 0. The molecule has 3 aromatic rings. The number of aromatic nitrogens is 2. The Balaban J connectivity index is 1.88. The molecule has 0 unspecified atom stereocenters. The topological polar surface area (TPSA) is 58.1 Å². The number of hydrogen-bond donors (Lipinski definition) is 1. The molecule has 1 N–H and O–H groups in total. The number of aryl methyl sites for hydroxylation is 3. The second-order valence-electron chi connectivity index (χ2n) is 7.67. The monoisotopic (exact) mass is 388 g/mol. The van der Waals surface area contributed by atoms with Crippen molar-refractivity contribution >= 4 is 17.5 Å². The standard InChI is InChI=1S/C24H28N4O/c1-16(2)28(15-20-9-7-6-8-10-20)24-25-19(5)14-22(27-24)23(29)26-21-12-11-17(3)13-18(21)4/h6-14,16H,15H2,1-5H3,(H,26,29). The van der Waals surface area contributed by atoms with E-state index in [2.05, 4.69) is 46.2 Å². The lowest BCUT2D eigenvalue weighted by Gasteiger charge is -2.27. The van der Waals surface area contributed by atoms with E-state index in [4.69, 9.17) is 0 Å². The van der Waals surface area contributed by atoms with Crippen molar-refractivity contribution in [1.29, 1.82) is 0 Å². The third-order valence-corrected chi connectivity index (χ3v) is 4.78. The number of nitrogens with zero attached hydrogens (tertiary/aromatic N) is 3. The van der Waals surface area contributed by atoms with E-state index in [0.717, 1.165) is 22.5 Å². The molecule has 0 aliphatic carbocycles. The Morgan fingerprint density at radius 1 is 1.00 bits per heavy atom. The second kappa shape index (κ2) is 8.86. The number of nitrogens with one attached hydrogen (secondary N) is 1. The molecule has 29 heavy (non-hydrogen) atoms. The Bertz CT molecular complexity index is 999. The zero-order valence-electron chi connectivity index (χ0n) is 17.7. The van der Waals surface area contributed by atoms with Gasteiger partial charge in [-0.25, -0.2) is 9.97 Å². The third-order valence-electron chi connectivity index (χ3n) is 4.78. The van der Waals surface area contributed by atoms with Crippen molar-refractivity contribution in [1.82, 2.24) is 9.97 Å². The second-order valence-corrected chi connectivity index (χ2v) is 7.67. The number of amides is 1. The fourth-order valence-corrected chi connectivity index (χ4v) is 3.20. The molecule has 1 aromatic heterocycles. The maximum absolute atomic E-state index is 12.9. The summed E-state index contributed by atoms with van der Waals surface area (Å²) in [5.74, 6) is 0.335. The molecule has 2 aromatic carbocycles. The van der Waals surface area contributed by atoms with Crippen LogP contribution in [0.15, 0.2) is 54.6 Å². The minimum absolute atomic E-state index is 0.187. The average Bonchev–Trinajstić information content (AvgIpc) is 2.68. The molecule has 0 fully saturated rings. The van der Waals surface area contributed by atoms with Crippen LogP contribution in [0.3, 0.4) is 0 Å². The smallest absolute Gasteiger partial charge is 0.274 e. The number of hydrogen-bond acceptors (Lipinski definition) is 4. The molecule has 0 atom stereocenters. The van der Waals surface area contributed by atoms with Crippen LogP contribution < -0.4 is 10.2 Å². The maximum atomic E-state index is 12.9. The molecule has 0 spiro atoms. The van der Waals surface area contributed by atoms with Gasteiger partial charge < -0.3 is 10.2 Å². The number of carbonyl (C=O) groups is 1. The van der Waals surface area contributed by atoms with Crippen molar-refractivity contribution in [3.05, 3.63) is 82.7 Å². The molecule has 0 saturated carbocycles. The van der Waals surface area contributed by atoms with Gasteiger partial charge in [0.2, 0.25) is 5.95 Å². The molecule has 0 aliphatic rings. The first-order chi connectivity index (χ1) is 13.8. The van der Waals surface area contributed by atoms with Gasteiger partial charge >= 0.3 is 0 Å². The summed E-state index contributed by atoms with van der Waals surface area (Å²) in [7, 11) is 0. The fraction of sp³-hybridized carbons (Fsp3) is 0.292. The minimum atomic E-state index is -0.230. The molecule has 0 saturated heterocycles. The summed E-state index contributed by atoms with van der Waals surface area (Å²) in [5, 5.41) is 2.98. The maximum Gasteiger partial charge on any atom is 0.274 e. The van der Waals surface area contributed by atoms with Gasteiger partial charge in [0.25, 0.3) is 5.91 Å². The van der Waals surface area contributed by atoms with Crippen LogP contribution in [-0.4, -0.2) is 21.9 Å². The lowest BCUT2D eigenvalue weighted by atomic mass is 10.1. The summed E-state index contributed by atoms with van der Waals surface area (Å²) in [6, 6.07) is 18.1. The molecular formula is C24H28N4O. The van der Waals surface area contributed by atoms with E-state index in [1.807, 2.05) is 57.2 Å². The van der Waals surface area contributed by atoms with Crippen LogP contribution in [-0.2, 0) is 6.54 Å². The van der Waals surface area contributed by atoms with Gasteiger partial charge in [0.15, 0.2) is 0 Å². The van der Waals surface area contributed by atoms with E-state index < -0.39 is 0 Å². The fourth-order valence-electron chi connectivity index (χ4n) is 3.20. The van der Waals surface area contributed by atoms with Gasteiger partial charge in [-0.3, -0.25) is 4.79 Å². The first-order valence-electron chi connectivity index (χ1n) is 9.88. The summed E-state index contributed by atoms with van der Waals surface area (Å²) < 4.78 is 0. The van der Waals surface area contributed by atoms with Crippen molar-refractivity contribution in [2.45, 2.75) is 47.2 Å². The van der Waals surface area contributed by atoms with Crippen LogP contribution in [0.5, 0.6) is 0 Å². The van der Waals surface area contributed by atoms with Crippen LogP contribution in [0.1, 0.15) is 46.7 Å². The summed E-state index contributed by atoms with van der Waals surface area (Å²) >= 11 is 0. The number of rotatable bonds is 6. The first kappa shape index (κ1) is 20.5. The summed E-state index contributed by atoms with van der Waals surface area (Å²) in [6.45, 7) is 10.8. The Morgan fingerprint density at radius 2 is 1.72 bits per heavy atom. The highest BCUT2D eigenvalue weighted by Gasteiger charge is 2.18. The minimum Gasteiger partial charge on any atom is -0.334 e. The van der Waals surface area contributed by atoms with Crippen molar-refractivity contribution in [3.8, 4) is 0 Å². The summed E-state index contributed by atoms with van der Waals surface area (Å²) in [5.41, 5.74) is 5.29. The van der Waals surface area contributed by atoms with Gasteiger partial charge in [-0.1, -0.05) is 48.0 Å². The van der Waals surface area contributed by atoms with Gasteiger partial charge in [-0.15, -0.1) is 0 Å². The van der Waals surface area contributed by atoms with Crippen molar-refractivity contribution in [2.75, 3.05) is 10.2 Å². The van der Waals surface area contributed by atoms with E-state index in [1.165, 1.54) is 5.56 Å². The lowest BCUT2D eigenvalue weighted by Crippen LogP contribution is -2.32. The van der Waals surface area contributed by atoms with Crippen molar-refractivity contribution in [2.24, 2.45) is 0 Å². The molecule has 150 valence electrons. The Labute approximate surface area is 172 Å². The normalized spacial score (nSPS) is 10.8. The van der Waals surface area contributed by atoms with Crippen LogP contribution in [0.4, 0.5) is 11.6 Å². The Morgan fingerprint density at radius 3 is 2.38 bits per heavy atom. The van der Waals surface area contributed by atoms with Crippen LogP contribution >= 0.6 is 0 Å². The van der Waals surface area contributed by atoms with E-state index in [9.17, 15) is 4.79 Å². The quantitative estimate of drug-likeness (QED) is 0.640. The van der Waals surface area contributed by atoms with E-state index >= 15 is 0 Å². The van der Waals surface area contributed by atoms with E-state index in [-0.39, 0.29) is 11.9 Å². The third kappa shape index (κ3) is 5.19. The zero-order chi connectivity index (χ0) is 21.0. The highest BCUT2D eigenvalue weighted by molar-refractivity contribution is 6.03. The van der Waals surface area contributed by atoms with Crippen molar-refractivity contribution in [3.63, 3.8) is 0 Å². The Kier molecular flexibility index (Phi) is 6.27. The summed E-state index contributed by atoms with van der Waals surface area (Å²) in [4.78, 5) is 24.2. The highest BCUT2D eigenvalue weighted by Crippen LogP contribution is 2.20. The van der Waals surface area contributed by atoms with Crippen LogP contribution in [0.2, 0.25) is 0 Å². The van der Waals surface area contributed by atoms with Crippen LogP contribution in [0, 0.1) is 20.8 Å². The van der Waals surface area contributed by atoms with Crippen molar-refractivity contribution < 1.29 is 4.79 Å². The zero-order valence-corrected chi connectivity index (χ0v) is 17.7. The van der Waals surface area contributed by atoms with E-state index in [0.29, 0.717) is 18.2 Å². The van der Waals surface area contributed by atoms with Gasteiger partial charge in [0.1, 0.15) is 5.69 Å². The molecular weight excluding hydrogens is 360 g/mol. The lowest BCUT2D eigenvalue weighted by molar-refractivity contribution is 0.102. The SMILES string of the molecule is Cc1ccc(NC(=O)c2cc(C)nc(N(Cc3ccccc3)C(C)C)n2)c(C)c1. The molecule has 3 rings (SSSR count). The van der Waals surface area contributed by atoms with Gasteiger partial charge in [0.05, 0.1) is 0 Å². The molecule has 5 heteroatoms. The average molecular weight is 389 g/mol. The molecule has 0 bridgehead atoms. The highest BCUT2D eigenvalue weighted by atomic mass is 16.1. The molecule has 0 aliphatic heterocycles.